The monoisotopic (exact) mass is 240 g/mol. The first-order chi connectivity index (χ1) is 5.98. The highest BCUT2D eigenvalue weighted by Gasteiger charge is 2.25. The van der Waals surface area contributed by atoms with Gasteiger partial charge >= 0.3 is 6.03 Å². The van der Waals surface area contributed by atoms with E-state index in [1.54, 1.807) is 0 Å². The fourth-order valence-electron chi connectivity index (χ4n) is 0.667. The summed E-state index contributed by atoms with van der Waals surface area (Å²) in [5, 5.41) is 0. The Bertz CT molecular complexity index is 196. The number of amides is 2. The van der Waals surface area contributed by atoms with Gasteiger partial charge in [0.15, 0.2) is 0 Å². The van der Waals surface area contributed by atoms with Crippen molar-refractivity contribution < 1.29 is 4.79 Å². The number of nitrogens with zero attached hydrogens (tertiary/aromatic N) is 2. The topological polar surface area (TPSA) is 23.6 Å². The minimum absolute atomic E-state index is 0.134. The number of carbonyl (C=O) groups is 1. The number of hydrogen-bond donors (Lipinski definition) is 0. The molecule has 0 aromatic carbocycles. The predicted molar refractivity (Wildman–Crippen MR) is 71.6 cm³/mol. The van der Waals surface area contributed by atoms with Crippen LogP contribution in [0.4, 0.5) is 4.79 Å². The molecule has 14 heavy (non-hydrogen) atoms. The van der Waals surface area contributed by atoms with Gasteiger partial charge in [0.25, 0.3) is 0 Å². The van der Waals surface area contributed by atoms with Crippen LogP contribution in [0.2, 0.25) is 0 Å². The third-order valence-corrected chi connectivity index (χ3v) is 5.78. The van der Waals surface area contributed by atoms with Gasteiger partial charge in [-0.1, -0.05) is 0 Å². The van der Waals surface area contributed by atoms with Crippen LogP contribution in [0.15, 0.2) is 0 Å². The van der Waals surface area contributed by atoms with Gasteiger partial charge < -0.3 is 0 Å². The van der Waals surface area contributed by atoms with E-state index in [0.29, 0.717) is 0 Å². The van der Waals surface area contributed by atoms with Crippen molar-refractivity contribution in [3.8, 4) is 0 Å². The van der Waals surface area contributed by atoms with E-state index < -0.39 is 20.4 Å². The summed E-state index contributed by atoms with van der Waals surface area (Å²) in [6.45, 7) is 0. The van der Waals surface area contributed by atoms with Crippen LogP contribution in [-0.4, -0.2) is 66.3 Å². The first-order valence-corrected chi connectivity index (χ1v) is 9.99. The van der Waals surface area contributed by atoms with Crippen LogP contribution < -0.4 is 0 Å². The maximum absolute atomic E-state index is 12.0. The Kier molecular flexibility index (Phi) is 4.22. The largest absolute Gasteiger partial charge is 0.336 e. The summed E-state index contributed by atoms with van der Waals surface area (Å²) in [6.07, 6.45) is 12.7. The first-order valence-electron chi connectivity index (χ1n) is 4.36. The van der Waals surface area contributed by atoms with Crippen molar-refractivity contribution in [1.82, 2.24) is 8.61 Å². The lowest BCUT2D eigenvalue weighted by atomic mass is 10.9. The molecule has 0 heterocycles. The molecule has 5 heteroatoms. The van der Waals surface area contributed by atoms with Gasteiger partial charge in [-0.05, 0) is 37.5 Å². The summed E-state index contributed by atoms with van der Waals surface area (Å²) in [6, 6.07) is 0.134. The average Bonchev–Trinajstić information content (AvgIpc) is 1.97. The van der Waals surface area contributed by atoms with Crippen LogP contribution in [-0.2, 0) is 0 Å². The molecule has 0 aromatic heterocycles. The van der Waals surface area contributed by atoms with E-state index in [-0.39, 0.29) is 6.03 Å². The Morgan fingerprint density at radius 2 is 1.00 bits per heavy atom. The van der Waals surface area contributed by atoms with Crippen LogP contribution >= 0.6 is 20.4 Å². The standard InChI is InChI=1S/C9H24N2OS2/c1-10(13(3,4)5)9(12)11(2)14(6,7)8/h1-8H3. The van der Waals surface area contributed by atoms with Gasteiger partial charge in [-0.15, -0.1) is 0 Å². The van der Waals surface area contributed by atoms with E-state index in [1.807, 2.05) is 22.7 Å². The van der Waals surface area contributed by atoms with Crippen molar-refractivity contribution in [2.45, 2.75) is 0 Å². The van der Waals surface area contributed by atoms with Gasteiger partial charge in [0.05, 0.1) is 0 Å². The number of hydrogen-bond acceptors (Lipinski definition) is 1. The molecule has 0 spiro atoms. The molecule has 0 bridgehead atoms. The van der Waals surface area contributed by atoms with Gasteiger partial charge in [0.1, 0.15) is 0 Å². The van der Waals surface area contributed by atoms with Gasteiger partial charge in [-0.25, -0.2) is 4.79 Å². The van der Waals surface area contributed by atoms with Crippen molar-refractivity contribution in [3.05, 3.63) is 0 Å². The molecular weight excluding hydrogens is 216 g/mol. The number of carbonyl (C=O) groups excluding carboxylic acids is 1. The Balaban J connectivity index is 4.65. The summed E-state index contributed by atoms with van der Waals surface area (Å²) < 4.78 is 3.73. The first kappa shape index (κ1) is 14.0. The predicted octanol–water partition coefficient (Wildman–Crippen LogP) is 2.19. The highest BCUT2D eigenvalue weighted by atomic mass is 32.3. The molecule has 0 atom stereocenters. The lowest BCUT2D eigenvalue weighted by Crippen LogP contribution is -2.40. The molecule has 0 N–H and O–H groups in total. The summed E-state index contributed by atoms with van der Waals surface area (Å²) in [5.41, 5.74) is 0. The summed E-state index contributed by atoms with van der Waals surface area (Å²) in [7, 11) is 1.87. The van der Waals surface area contributed by atoms with E-state index in [9.17, 15) is 4.79 Å². The van der Waals surface area contributed by atoms with E-state index in [4.69, 9.17) is 0 Å². The summed E-state index contributed by atoms with van der Waals surface area (Å²) in [5.74, 6) is 0. The fourth-order valence-corrected chi connectivity index (χ4v) is 1.90. The van der Waals surface area contributed by atoms with E-state index >= 15 is 0 Å². The third-order valence-electron chi connectivity index (χ3n) is 2.18. The molecule has 2 amide bonds. The van der Waals surface area contributed by atoms with E-state index in [2.05, 4.69) is 37.5 Å². The second-order valence-corrected chi connectivity index (χ2v) is 13.0. The molecule has 0 aliphatic heterocycles. The molecule has 0 radical (unpaired) electrons. The molecule has 88 valence electrons. The smallest absolute Gasteiger partial charge is 0.290 e. The van der Waals surface area contributed by atoms with Crippen molar-refractivity contribution in [3.63, 3.8) is 0 Å². The Labute approximate surface area is 91.7 Å². The zero-order valence-corrected chi connectivity index (χ0v) is 12.3. The molecule has 0 fully saturated rings. The number of urea groups is 1. The quantitative estimate of drug-likeness (QED) is 0.726. The SMILES string of the molecule is CN(C(=O)N(C)S(C)(C)C)S(C)(C)C. The lowest BCUT2D eigenvalue weighted by Gasteiger charge is -2.44. The molecule has 0 unspecified atom stereocenters. The highest BCUT2D eigenvalue weighted by molar-refractivity contribution is 8.31. The molecule has 0 aromatic rings. The van der Waals surface area contributed by atoms with Gasteiger partial charge in [0.2, 0.25) is 0 Å². The van der Waals surface area contributed by atoms with E-state index in [1.165, 1.54) is 0 Å². The molecular formula is C9H24N2OS2. The minimum atomic E-state index is -0.952. The second kappa shape index (κ2) is 4.23. The van der Waals surface area contributed by atoms with Crippen molar-refractivity contribution in [1.29, 1.82) is 0 Å². The summed E-state index contributed by atoms with van der Waals surface area (Å²) >= 11 is 0. The molecule has 3 nitrogen and oxygen atoms in total. The van der Waals surface area contributed by atoms with Crippen LogP contribution in [0.1, 0.15) is 0 Å². The van der Waals surface area contributed by atoms with Gasteiger partial charge in [-0.2, -0.15) is 20.4 Å². The van der Waals surface area contributed by atoms with Crippen molar-refractivity contribution >= 4 is 26.5 Å². The van der Waals surface area contributed by atoms with Crippen LogP contribution in [0.25, 0.3) is 0 Å². The molecule has 0 saturated carbocycles. The Hall–Kier alpha value is -0.0300. The van der Waals surface area contributed by atoms with Gasteiger partial charge in [-0.3, -0.25) is 8.61 Å². The fraction of sp³-hybridized carbons (Fsp3) is 0.889. The minimum Gasteiger partial charge on any atom is -0.290 e. The molecule has 0 aliphatic rings. The van der Waals surface area contributed by atoms with Crippen molar-refractivity contribution in [2.75, 3.05) is 51.6 Å². The second-order valence-electron chi connectivity index (χ2n) is 4.82. The van der Waals surface area contributed by atoms with Gasteiger partial charge in [0, 0.05) is 14.1 Å². The maximum atomic E-state index is 12.0. The number of rotatable bonds is 2. The lowest BCUT2D eigenvalue weighted by molar-refractivity contribution is 0.218. The highest BCUT2D eigenvalue weighted by Crippen LogP contribution is 2.44. The molecule has 0 saturated heterocycles. The summed E-state index contributed by atoms with van der Waals surface area (Å²) in [4.78, 5) is 12.0. The van der Waals surface area contributed by atoms with Crippen molar-refractivity contribution in [2.24, 2.45) is 0 Å². The Morgan fingerprint density at radius 1 is 0.786 bits per heavy atom. The maximum Gasteiger partial charge on any atom is 0.336 e. The zero-order valence-electron chi connectivity index (χ0n) is 10.6. The zero-order chi connectivity index (χ0) is 11.7. The van der Waals surface area contributed by atoms with Crippen LogP contribution in [0.3, 0.4) is 0 Å². The van der Waals surface area contributed by atoms with E-state index in [0.717, 1.165) is 0 Å². The normalized spacial score (nSPS) is 14.9. The van der Waals surface area contributed by atoms with Crippen LogP contribution in [0.5, 0.6) is 0 Å². The Morgan fingerprint density at radius 3 is 1.14 bits per heavy atom. The molecule has 0 aliphatic carbocycles. The third kappa shape index (κ3) is 3.61. The van der Waals surface area contributed by atoms with Crippen LogP contribution in [0, 0.1) is 0 Å². The average molecular weight is 240 g/mol. The molecule has 0 rings (SSSR count).